The first kappa shape index (κ1) is 19.3. The maximum absolute atomic E-state index is 12.4. The molecule has 0 spiro atoms. The largest absolute Gasteiger partial charge is 0.497 e. The van der Waals surface area contributed by atoms with Crippen molar-refractivity contribution < 1.29 is 23.5 Å². The Morgan fingerprint density at radius 2 is 1.71 bits per heavy atom. The first-order valence-corrected chi connectivity index (χ1v) is 8.75. The average molecular weight is 382 g/mol. The number of carbonyl (C=O) groups excluding carboxylic acids is 2. The summed E-state index contributed by atoms with van der Waals surface area (Å²) in [5.74, 6) is 0.347. The van der Waals surface area contributed by atoms with E-state index in [1.165, 1.54) is 0 Å². The van der Waals surface area contributed by atoms with Crippen LogP contribution in [0.25, 0.3) is 11.0 Å². The molecule has 0 saturated heterocycles. The fraction of sp³-hybridized carbons (Fsp3) is 0.238. The van der Waals surface area contributed by atoms with Gasteiger partial charge in [-0.1, -0.05) is 6.07 Å². The lowest BCUT2D eigenvalue weighted by atomic mass is 10.1. The highest BCUT2D eigenvalue weighted by atomic mass is 16.5. The van der Waals surface area contributed by atoms with Crippen molar-refractivity contribution in [1.82, 2.24) is 10.9 Å². The van der Waals surface area contributed by atoms with E-state index in [0.717, 1.165) is 16.5 Å². The lowest BCUT2D eigenvalue weighted by molar-refractivity contribution is -0.123. The van der Waals surface area contributed by atoms with Crippen molar-refractivity contribution in [2.24, 2.45) is 0 Å². The van der Waals surface area contributed by atoms with E-state index < -0.39 is 11.8 Å². The minimum Gasteiger partial charge on any atom is -0.497 e. The van der Waals surface area contributed by atoms with Crippen LogP contribution in [-0.2, 0) is 4.79 Å². The van der Waals surface area contributed by atoms with Crippen LogP contribution in [0.4, 0.5) is 0 Å². The molecule has 0 unspecified atom stereocenters. The van der Waals surface area contributed by atoms with Crippen LogP contribution in [0, 0.1) is 20.8 Å². The second kappa shape index (κ2) is 8.04. The maximum atomic E-state index is 12.4. The number of carbonyl (C=O) groups is 2. The number of furan rings is 1. The normalized spacial score (nSPS) is 10.6. The second-order valence-corrected chi connectivity index (χ2v) is 6.46. The SMILES string of the molecule is COc1ccc2oc(C(=O)NNC(=O)COc3ccc(C)c(C)c3)c(C)c2c1. The Hall–Kier alpha value is -3.48. The first-order valence-electron chi connectivity index (χ1n) is 8.75. The van der Waals surface area contributed by atoms with Gasteiger partial charge in [0.15, 0.2) is 12.4 Å². The van der Waals surface area contributed by atoms with Crippen molar-refractivity contribution >= 4 is 22.8 Å². The zero-order chi connectivity index (χ0) is 20.3. The molecule has 0 atom stereocenters. The molecule has 1 heterocycles. The van der Waals surface area contributed by atoms with Gasteiger partial charge in [0.2, 0.25) is 0 Å². The molecule has 0 radical (unpaired) electrons. The van der Waals surface area contributed by atoms with Gasteiger partial charge in [-0.15, -0.1) is 0 Å². The van der Waals surface area contributed by atoms with Crippen LogP contribution >= 0.6 is 0 Å². The highest BCUT2D eigenvalue weighted by Gasteiger charge is 2.18. The summed E-state index contributed by atoms with van der Waals surface area (Å²) in [6, 6.07) is 10.8. The van der Waals surface area contributed by atoms with Gasteiger partial charge >= 0.3 is 5.91 Å². The van der Waals surface area contributed by atoms with E-state index in [1.54, 1.807) is 38.3 Å². The third-order valence-electron chi connectivity index (χ3n) is 4.51. The number of benzene rings is 2. The van der Waals surface area contributed by atoms with Gasteiger partial charge in [0.25, 0.3) is 5.91 Å². The molecule has 0 aliphatic rings. The van der Waals surface area contributed by atoms with Crippen LogP contribution in [0.15, 0.2) is 40.8 Å². The Kier molecular flexibility index (Phi) is 5.54. The van der Waals surface area contributed by atoms with E-state index in [-0.39, 0.29) is 12.4 Å². The fourth-order valence-electron chi connectivity index (χ4n) is 2.72. The van der Waals surface area contributed by atoms with E-state index in [9.17, 15) is 9.59 Å². The van der Waals surface area contributed by atoms with E-state index in [2.05, 4.69) is 10.9 Å². The Bertz CT molecular complexity index is 1040. The molecule has 7 nitrogen and oxygen atoms in total. The van der Waals surface area contributed by atoms with Crippen molar-refractivity contribution in [1.29, 1.82) is 0 Å². The Balaban J connectivity index is 1.59. The summed E-state index contributed by atoms with van der Waals surface area (Å²) in [4.78, 5) is 24.3. The third kappa shape index (κ3) is 4.09. The van der Waals surface area contributed by atoms with Gasteiger partial charge in [-0.3, -0.25) is 20.4 Å². The molecule has 2 amide bonds. The van der Waals surface area contributed by atoms with Crippen molar-refractivity contribution in [2.75, 3.05) is 13.7 Å². The van der Waals surface area contributed by atoms with Crippen LogP contribution in [0.2, 0.25) is 0 Å². The number of nitrogens with one attached hydrogen (secondary N) is 2. The van der Waals surface area contributed by atoms with Crippen LogP contribution < -0.4 is 20.3 Å². The number of aryl methyl sites for hydroxylation is 3. The van der Waals surface area contributed by atoms with E-state index >= 15 is 0 Å². The predicted molar refractivity (Wildman–Crippen MR) is 105 cm³/mol. The van der Waals surface area contributed by atoms with Gasteiger partial charge in [0.1, 0.15) is 17.1 Å². The van der Waals surface area contributed by atoms with Gasteiger partial charge in [0, 0.05) is 10.9 Å². The number of hydrogen-bond donors (Lipinski definition) is 2. The van der Waals surface area contributed by atoms with E-state index in [0.29, 0.717) is 22.6 Å². The summed E-state index contributed by atoms with van der Waals surface area (Å²) in [7, 11) is 1.57. The molecule has 146 valence electrons. The smallest absolute Gasteiger partial charge is 0.305 e. The van der Waals surface area contributed by atoms with Crippen LogP contribution in [0.1, 0.15) is 27.2 Å². The molecule has 2 N–H and O–H groups in total. The van der Waals surface area contributed by atoms with Crippen molar-refractivity contribution in [3.63, 3.8) is 0 Å². The van der Waals surface area contributed by atoms with Gasteiger partial charge in [-0.05, 0) is 62.2 Å². The summed E-state index contributed by atoms with van der Waals surface area (Å²) < 4.78 is 16.2. The van der Waals surface area contributed by atoms with Gasteiger partial charge in [-0.25, -0.2) is 0 Å². The van der Waals surface area contributed by atoms with Crippen molar-refractivity contribution in [3.05, 3.63) is 58.8 Å². The molecule has 2 aromatic carbocycles. The Labute approximate surface area is 162 Å². The molecule has 0 saturated carbocycles. The number of ether oxygens (including phenoxy) is 2. The van der Waals surface area contributed by atoms with Crippen molar-refractivity contribution in [2.45, 2.75) is 20.8 Å². The minimum atomic E-state index is -0.549. The summed E-state index contributed by atoms with van der Waals surface area (Å²) >= 11 is 0. The monoisotopic (exact) mass is 382 g/mol. The highest BCUT2D eigenvalue weighted by molar-refractivity contribution is 5.99. The predicted octanol–water partition coefficient (Wildman–Crippen LogP) is 3.21. The average Bonchev–Trinajstić information content (AvgIpc) is 3.03. The number of methoxy groups -OCH3 is 1. The lowest BCUT2D eigenvalue weighted by Crippen LogP contribution is -2.43. The number of hydrazine groups is 1. The van der Waals surface area contributed by atoms with Crippen LogP contribution in [0.3, 0.4) is 0 Å². The van der Waals surface area contributed by atoms with Gasteiger partial charge < -0.3 is 13.9 Å². The Morgan fingerprint density at radius 1 is 0.964 bits per heavy atom. The topological polar surface area (TPSA) is 89.8 Å². The molecule has 0 aliphatic heterocycles. The molecule has 1 aromatic heterocycles. The summed E-state index contributed by atoms with van der Waals surface area (Å²) in [5, 5.41) is 0.772. The summed E-state index contributed by atoms with van der Waals surface area (Å²) in [6.45, 7) is 5.51. The van der Waals surface area contributed by atoms with Gasteiger partial charge in [-0.2, -0.15) is 0 Å². The quantitative estimate of drug-likeness (QED) is 0.662. The number of fused-ring (bicyclic) bond motifs is 1. The number of amides is 2. The lowest BCUT2D eigenvalue weighted by Gasteiger charge is -2.09. The molecule has 7 heteroatoms. The fourth-order valence-corrected chi connectivity index (χ4v) is 2.72. The van der Waals surface area contributed by atoms with Crippen molar-refractivity contribution in [3.8, 4) is 11.5 Å². The minimum absolute atomic E-state index is 0.124. The molecule has 28 heavy (non-hydrogen) atoms. The molecule has 0 fully saturated rings. The van der Waals surface area contributed by atoms with Crippen LogP contribution in [0.5, 0.6) is 11.5 Å². The highest BCUT2D eigenvalue weighted by Crippen LogP contribution is 2.28. The summed E-state index contributed by atoms with van der Waals surface area (Å²) in [5.41, 5.74) is 8.10. The van der Waals surface area contributed by atoms with E-state index in [4.69, 9.17) is 13.9 Å². The second-order valence-electron chi connectivity index (χ2n) is 6.46. The Morgan fingerprint density at radius 3 is 2.43 bits per heavy atom. The molecule has 0 aliphatic carbocycles. The zero-order valence-electron chi connectivity index (χ0n) is 16.2. The molecule has 3 aromatic rings. The van der Waals surface area contributed by atoms with E-state index in [1.807, 2.05) is 26.0 Å². The first-order chi connectivity index (χ1) is 13.4. The standard InChI is InChI=1S/C21H22N2O5/c1-12-5-6-16(9-13(12)2)27-11-19(24)22-23-21(25)20-14(3)17-10-15(26-4)7-8-18(17)28-20/h5-10H,11H2,1-4H3,(H,22,24)(H,23,25). The van der Waals surface area contributed by atoms with Gasteiger partial charge in [0.05, 0.1) is 7.11 Å². The number of rotatable bonds is 5. The molecule has 0 bridgehead atoms. The molecular formula is C21H22N2O5. The molecule has 3 rings (SSSR count). The molecular weight excluding hydrogens is 360 g/mol. The maximum Gasteiger partial charge on any atom is 0.305 e. The third-order valence-corrected chi connectivity index (χ3v) is 4.51. The number of hydrogen-bond acceptors (Lipinski definition) is 5. The summed E-state index contributed by atoms with van der Waals surface area (Å²) in [6.07, 6.45) is 0. The van der Waals surface area contributed by atoms with Crippen LogP contribution in [-0.4, -0.2) is 25.5 Å². The zero-order valence-corrected chi connectivity index (χ0v) is 16.2.